The van der Waals surface area contributed by atoms with Crippen LogP contribution < -0.4 is 44.2 Å². The maximum absolute atomic E-state index is 13.7. The van der Waals surface area contributed by atoms with E-state index in [-0.39, 0.29) is 51.1 Å². The third-order valence-corrected chi connectivity index (χ3v) is 7.38. The highest BCUT2D eigenvalue weighted by molar-refractivity contribution is 5.95. The first kappa shape index (κ1) is 34.4. The molecule has 0 spiro atoms. The van der Waals surface area contributed by atoms with Crippen molar-refractivity contribution in [3.05, 3.63) is 53.6 Å². The number of aliphatic hydroxyl groups excluding tert-OH is 1. The molecule has 0 aromatic heterocycles. The van der Waals surface area contributed by atoms with Gasteiger partial charge < -0.3 is 54.4 Å². The molecule has 240 valence electrons. The number of aliphatic hydroxyl groups is 1. The molecule has 0 radical (unpaired) electrons. The van der Waals surface area contributed by atoms with Gasteiger partial charge in [-0.15, -0.1) is 0 Å². The number of benzene rings is 2. The van der Waals surface area contributed by atoms with E-state index in [1.54, 1.807) is 24.3 Å². The second-order valence-corrected chi connectivity index (χ2v) is 10.9. The molecule has 0 aliphatic carbocycles. The molecule has 0 unspecified atom stereocenters. The molecule has 0 saturated carbocycles. The van der Waals surface area contributed by atoms with Crippen molar-refractivity contribution in [3.63, 3.8) is 0 Å². The minimum Gasteiger partial charge on any atom is -0.508 e. The number of phenols is 1. The zero-order valence-corrected chi connectivity index (χ0v) is 24.6. The largest absolute Gasteiger partial charge is 0.508 e. The van der Waals surface area contributed by atoms with Crippen molar-refractivity contribution in [3.8, 4) is 16.9 Å². The molecule has 14 nitrogen and oxygen atoms in total. The third-order valence-electron chi connectivity index (χ3n) is 7.38. The second kappa shape index (κ2) is 16.7. The summed E-state index contributed by atoms with van der Waals surface area (Å²) in [6, 6.07) is 7.71. The van der Waals surface area contributed by atoms with Gasteiger partial charge in [-0.25, -0.2) is 0 Å². The lowest BCUT2D eigenvalue weighted by Gasteiger charge is -2.27. The summed E-state index contributed by atoms with van der Waals surface area (Å²) >= 11 is 0. The van der Waals surface area contributed by atoms with Gasteiger partial charge in [0, 0.05) is 38.9 Å². The monoisotopic (exact) mass is 612 g/mol. The van der Waals surface area contributed by atoms with Crippen LogP contribution in [0.1, 0.15) is 30.4 Å². The molecule has 2 aromatic carbocycles. The smallest absolute Gasteiger partial charge is 0.243 e. The molecule has 4 bridgehead atoms. The predicted molar refractivity (Wildman–Crippen MR) is 165 cm³/mol. The van der Waals surface area contributed by atoms with Crippen LogP contribution in [0.15, 0.2) is 42.5 Å². The lowest BCUT2D eigenvalue weighted by atomic mass is 9.96. The molecule has 14 N–H and O–H groups in total. The summed E-state index contributed by atoms with van der Waals surface area (Å²) in [5.41, 5.74) is 25.6. The van der Waals surface area contributed by atoms with Crippen molar-refractivity contribution >= 4 is 23.6 Å². The van der Waals surface area contributed by atoms with Crippen LogP contribution in [-0.4, -0.2) is 90.3 Å². The van der Waals surface area contributed by atoms with Crippen molar-refractivity contribution in [2.45, 2.75) is 62.4 Å². The van der Waals surface area contributed by atoms with Crippen LogP contribution in [0.2, 0.25) is 0 Å². The van der Waals surface area contributed by atoms with Gasteiger partial charge in [-0.3, -0.25) is 19.2 Å². The summed E-state index contributed by atoms with van der Waals surface area (Å²) in [6.07, 6.45) is -0.658. The summed E-state index contributed by atoms with van der Waals surface area (Å²) in [4.78, 5) is 53.2. The number of carbonyl (C=O) groups is 4. The van der Waals surface area contributed by atoms with Gasteiger partial charge in [-0.05, 0) is 53.8 Å². The molecule has 1 heterocycles. The Bertz CT molecular complexity index is 1310. The van der Waals surface area contributed by atoms with Crippen molar-refractivity contribution in [1.82, 2.24) is 21.3 Å². The Morgan fingerprint density at radius 2 is 1.73 bits per heavy atom. The van der Waals surface area contributed by atoms with E-state index in [1.807, 2.05) is 12.1 Å². The number of phenolic OH excluding ortho intramolecular Hbond substituents is 1. The minimum absolute atomic E-state index is 0.0274. The van der Waals surface area contributed by atoms with E-state index in [1.165, 1.54) is 6.07 Å². The Morgan fingerprint density at radius 1 is 0.977 bits per heavy atom. The zero-order chi connectivity index (χ0) is 32.2. The molecular weight excluding hydrogens is 568 g/mol. The number of rotatable bonds is 11. The first-order valence-electron chi connectivity index (χ1n) is 14.7. The van der Waals surface area contributed by atoms with Gasteiger partial charge in [0.1, 0.15) is 23.9 Å². The Labute approximate surface area is 256 Å². The first-order chi connectivity index (χ1) is 21.1. The summed E-state index contributed by atoms with van der Waals surface area (Å²) < 4.78 is 0. The molecule has 44 heavy (non-hydrogen) atoms. The minimum atomic E-state index is -1.29. The Morgan fingerprint density at radius 3 is 2.43 bits per heavy atom. The number of hydrogen-bond acceptors (Lipinski definition) is 10. The quantitative estimate of drug-likeness (QED) is 0.127. The van der Waals surface area contributed by atoms with Crippen LogP contribution in [0, 0.1) is 0 Å². The van der Waals surface area contributed by atoms with Crippen LogP contribution >= 0.6 is 0 Å². The first-order valence-corrected chi connectivity index (χ1v) is 14.7. The summed E-state index contributed by atoms with van der Waals surface area (Å²) in [5, 5.41) is 31.4. The number of fused-ring (bicyclic) bond motifs is 5. The van der Waals surface area contributed by atoms with E-state index in [9.17, 15) is 29.4 Å². The molecule has 0 saturated heterocycles. The van der Waals surface area contributed by atoms with Crippen LogP contribution in [0.5, 0.6) is 5.75 Å². The number of nitrogens with two attached hydrogens (primary N) is 4. The fraction of sp³-hybridized carbons (Fsp3) is 0.467. The van der Waals surface area contributed by atoms with E-state index < -0.39 is 53.9 Å². The van der Waals surface area contributed by atoms with Crippen LogP contribution in [0.25, 0.3) is 11.1 Å². The number of aromatic hydroxyl groups is 1. The van der Waals surface area contributed by atoms with Crippen LogP contribution in [0.3, 0.4) is 0 Å². The summed E-state index contributed by atoms with van der Waals surface area (Å²) in [6.45, 7) is 0.554. The second-order valence-electron chi connectivity index (χ2n) is 10.9. The molecule has 2 aromatic rings. The van der Waals surface area contributed by atoms with Gasteiger partial charge >= 0.3 is 0 Å². The van der Waals surface area contributed by atoms with E-state index in [0.717, 1.165) is 11.1 Å². The molecule has 4 amide bonds. The van der Waals surface area contributed by atoms with Gasteiger partial charge in [0.15, 0.2) is 0 Å². The predicted octanol–water partition coefficient (Wildman–Crippen LogP) is -2.54. The number of hydrogen-bond donors (Lipinski definition) is 10. The molecular formula is C30H44N8O6. The summed E-state index contributed by atoms with van der Waals surface area (Å²) in [5.74, 6) is -2.56. The van der Waals surface area contributed by atoms with Gasteiger partial charge in [0.05, 0.1) is 12.1 Å². The Balaban J connectivity index is 2.03. The van der Waals surface area contributed by atoms with Crippen molar-refractivity contribution in [2.75, 3.05) is 26.2 Å². The van der Waals surface area contributed by atoms with Gasteiger partial charge in [0.2, 0.25) is 23.6 Å². The van der Waals surface area contributed by atoms with Gasteiger partial charge in [0.25, 0.3) is 0 Å². The molecule has 0 fully saturated rings. The average Bonchev–Trinajstić information content (AvgIpc) is 3.01. The van der Waals surface area contributed by atoms with E-state index in [0.29, 0.717) is 24.1 Å². The number of nitrogens with one attached hydrogen (secondary N) is 4. The van der Waals surface area contributed by atoms with Gasteiger partial charge in [-0.1, -0.05) is 30.3 Å². The standard InChI is InChI=1S/C30H44N8O6/c31-8-2-5-23(28(42)35-10-9-32)36-29(43)24-12-17-3-1-4-18(11-17)19-6-7-26(40)20(13-19)14-22(34)27(41)37-25(30(44)38-24)15-21(39)16-33/h1,3-4,6-7,11,13,21-25,39-40H,2,5,8-10,12,14-16,31-34H2,(H,35,42)(H,36,43)(H,37,41)(H,38,44)/t21-,22+,23+,24+,25+/m1/s1. The molecule has 14 heteroatoms. The highest BCUT2D eigenvalue weighted by Crippen LogP contribution is 2.28. The number of carbonyl (C=O) groups excluding carboxylic acids is 4. The highest BCUT2D eigenvalue weighted by Gasteiger charge is 2.32. The molecule has 1 aliphatic rings. The lowest BCUT2D eigenvalue weighted by Crippen LogP contribution is -2.59. The van der Waals surface area contributed by atoms with Crippen LogP contribution in [-0.2, 0) is 32.0 Å². The van der Waals surface area contributed by atoms with Crippen molar-refractivity contribution in [2.24, 2.45) is 22.9 Å². The lowest BCUT2D eigenvalue weighted by molar-refractivity contribution is -0.134. The zero-order valence-electron chi connectivity index (χ0n) is 24.6. The van der Waals surface area contributed by atoms with Crippen molar-refractivity contribution < 1.29 is 29.4 Å². The third kappa shape index (κ3) is 9.72. The fourth-order valence-corrected chi connectivity index (χ4v) is 4.91. The van der Waals surface area contributed by atoms with Gasteiger partial charge in [-0.2, -0.15) is 0 Å². The fourth-order valence-electron chi connectivity index (χ4n) is 4.91. The SMILES string of the molecule is NCCC[C@H](NC(=O)[C@@H]1Cc2cccc(c2)-c2ccc(O)c(c2)C[C@H](N)C(=O)N[C@@H](C[C@@H](O)CN)C(=O)N1)C(=O)NCCN. The maximum atomic E-state index is 13.7. The summed E-state index contributed by atoms with van der Waals surface area (Å²) in [7, 11) is 0. The Hall–Kier alpha value is -4.08. The van der Waals surface area contributed by atoms with Crippen LogP contribution in [0.4, 0.5) is 0 Å². The highest BCUT2D eigenvalue weighted by atomic mass is 16.3. The average molecular weight is 613 g/mol. The number of amides is 4. The Kier molecular flexibility index (Phi) is 13.0. The van der Waals surface area contributed by atoms with E-state index >= 15 is 0 Å². The van der Waals surface area contributed by atoms with E-state index in [4.69, 9.17) is 22.9 Å². The molecule has 1 aliphatic heterocycles. The molecule has 5 atom stereocenters. The topological polar surface area (TPSA) is 261 Å². The molecule has 3 rings (SSSR count). The van der Waals surface area contributed by atoms with E-state index in [2.05, 4.69) is 21.3 Å². The normalized spacial score (nSPS) is 20.2. The maximum Gasteiger partial charge on any atom is 0.243 e. The van der Waals surface area contributed by atoms with Crippen molar-refractivity contribution in [1.29, 1.82) is 0 Å².